The highest BCUT2D eigenvalue weighted by Gasteiger charge is 2.40. The number of aromatic nitrogens is 10. The van der Waals surface area contributed by atoms with E-state index in [1.807, 2.05) is 9.80 Å². The van der Waals surface area contributed by atoms with Crippen molar-refractivity contribution in [2.24, 2.45) is 4.99 Å². The first-order valence-electron chi connectivity index (χ1n) is 40.4. The monoisotopic (exact) mass is 1920 g/mol. The van der Waals surface area contributed by atoms with Crippen molar-refractivity contribution >= 4 is 129 Å². The third kappa shape index (κ3) is 30.8. The molecule has 5 unspecified atom stereocenters. The number of methoxy groups -OCH3 is 2. The molecule has 0 bridgehead atoms. The summed E-state index contributed by atoms with van der Waals surface area (Å²) in [5.74, 6) is -7.96. The Morgan fingerprint density at radius 3 is 1.45 bits per heavy atom. The number of nitrogen functional groups attached to an aromatic ring is 3. The van der Waals surface area contributed by atoms with E-state index in [4.69, 9.17) is 61.7 Å². The van der Waals surface area contributed by atoms with Crippen LogP contribution in [0.1, 0.15) is 138 Å². The molecule has 0 saturated carbocycles. The maximum absolute atomic E-state index is 12.4. The predicted octanol–water partition coefficient (Wildman–Crippen LogP) is 0.358. The van der Waals surface area contributed by atoms with Crippen LogP contribution in [-0.2, 0) is 47.7 Å². The molecule has 746 valence electrons. The van der Waals surface area contributed by atoms with Crippen LogP contribution in [0, 0.1) is 6.92 Å². The first-order chi connectivity index (χ1) is 62.8. The minimum Gasteiger partial charge on any atom is -0.481 e. The number of hydrogen-bond donors (Lipinski definition) is 25. The number of amides is 3. The molecule has 14 rings (SSSR count). The van der Waals surface area contributed by atoms with Gasteiger partial charge in [-0.05, 0) is 99.0 Å². The summed E-state index contributed by atoms with van der Waals surface area (Å²) in [6, 6.07) is 16.5. The van der Waals surface area contributed by atoms with Gasteiger partial charge in [0.1, 0.15) is 54.2 Å². The van der Waals surface area contributed by atoms with Gasteiger partial charge in [-0.1, -0.05) is 37.1 Å². The van der Waals surface area contributed by atoms with Crippen LogP contribution in [-0.4, -0.2) is 277 Å². The Morgan fingerprint density at radius 2 is 0.971 bits per heavy atom. The van der Waals surface area contributed by atoms with Crippen LogP contribution in [0.2, 0.25) is 0 Å². The fraction of sp³-hybridized carbons (Fsp3) is 0.429. The van der Waals surface area contributed by atoms with E-state index < -0.39 is 137 Å². The summed E-state index contributed by atoms with van der Waals surface area (Å²) < 4.78 is 23.4. The fourth-order valence-corrected chi connectivity index (χ4v) is 13.9. The lowest BCUT2D eigenvalue weighted by Gasteiger charge is -2.31. The highest BCUT2D eigenvalue weighted by atomic mass is 16.6. The lowest BCUT2D eigenvalue weighted by atomic mass is 10.1. The van der Waals surface area contributed by atoms with Crippen molar-refractivity contribution in [2.75, 3.05) is 132 Å². The van der Waals surface area contributed by atoms with Crippen LogP contribution in [0.15, 0.2) is 130 Å². The molecule has 11 heterocycles. The Morgan fingerprint density at radius 1 is 0.526 bits per heavy atom. The molecule has 0 spiro atoms. The van der Waals surface area contributed by atoms with Crippen LogP contribution in [0.5, 0.6) is 0 Å². The maximum Gasteiger partial charge on any atom is 0.330 e. The molecule has 3 amide bonds. The highest BCUT2D eigenvalue weighted by molar-refractivity contribution is 6.00. The standard InChI is InChI=1S/C20H23N7O6.C19H23N7O6.C19H21N7O6.C11H16N2O5.C10H14N2O5.5CH4/c21-20-24-16-15(18(31)25-20)27-9-26(8-12(27)7-22-16)11-3-1-10(2-4-11)17(30)23-13(19(32)33)5-6-14(28)29;2*20-19-25-15-14(17(30)26-19)23-11(8-22-15)7-21-10-3-1-9(2-4-10)16(29)24-12(18(31)32)5-6-13(27)28;1-6-4-13(11(16)12-10(6)15)9-3-7(14)8(18-9)5-17-2;1-16-5-7-6(13)4-9(17-7)12-3-2-8(14)11-10(12)15;;;;;/h1-4,12-13H,5-9H2,(H,23,30)(H,28,29)(H,32,33)(H4,21,22,24,25,31);1-4,11-12,21,23H,5-8H2,(H,24,29)(H,27,28)(H,31,32)(H4,20,22,25,26,30);1-4,12,21H,5-8H2,(H,24,29)(H,27,28)(H,31,32)(H4,20,22,25,26,30);4,7-9,14H,3,5H2,1-2H3,(H,12,15,16);2-3,6-7,9,13H,4-5H2,1H3,(H,11,14,15);5*1H4/t;;;7-,8-,9-;6-,7-,9-;;;;;/m...11...../s1. The van der Waals surface area contributed by atoms with Gasteiger partial charge in [-0.15, -0.1) is 0 Å². The van der Waals surface area contributed by atoms with Crippen LogP contribution in [0.4, 0.5) is 69.4 Å². The second-order valence-electron chi connectivity index (χ2n) is 30.2. The Labute approximate surface area is 779 Å². The number of nitrogens with zero attached hydrogens (tertiary/aromatic N) is 8. The number of ether oxygens (including phenoxy) is 4. The summed E-state index contributed by atoms with van der Waals surface area (Å²) in [7, 11) is 3.02. The van der Waals surface area contributed by atoms with E-state index in [-0.39, 0.29) is 152 Å². The highest BCUT2D eigenvalue weighted by Crippen LogP contribution is 2.34. The summed E-state index contributed by atoms with van der Waals surface area (Å²) in [5.41, 5.74) is 18.4. The summed E-state index contributed by atoms with van der Waals surface area (Å²) in [6.07, 6.45) is -1.83. The van der Waals surface area contributed by atoms with Gasteiger partial charge < -0.3 is 135 Å². The average Bonchev–Trinajstić information content (AvgIpc) is 1.63. The van der Waals surface area contributed by atoms with Gasteiger partial charge in [-0.2, -0.15) is 15.0 Å². The zero-order valence-electron chi connectivity index (χ0n) is 70.6. The van der Waals surface area contributed by atoms with Crippen molar-refractivity contribution in [2.45, 2.75) is 163 Å². The van der Waals surface area contributed by atoms with Crippen LogP contribution in [0.25, 0.3) is 0 Å². The number of aryl methyl sites for hydroxylation is 1. The zero-order chi connectivity index (χ0) is 95.9. The molecule has 6 aliphatic rings. The number of hydrogen-bond acceptors (Lipinski definition) is 37. The smallest absolute Gasteiger partial charge is 0.330 e. The number of carbonyl (C=O) groups is 9. The van der Waals surface area contributed by atoms with Crippen molar-refractivity contribution in [1.82, 2.24) is 65.0 Å². The van der Waals surface area contributed by atoms with Crippen molar-refractivity contribution in [3.8, 4) is 0 Å². The van der Waals surface area contributed by atoms with Gasteiger partial charge in [0.25, 0.3) is 45.5 Å². The lowest BCUT2D eigenvalue weighted by molar-refractivity contribution is -0.142. The molecule has 0 aliphatic carbocycles. The van der Waals surface area contributed by atoms with Crippen LogP contribution in [0.3, 0.4) is 0 Å². The number of H-pyrrole nitrogens is 5. The van der Waals surface area contributed by atoms with E-state index in [1.165, 1.54) is 66.1 Å². The average molecular weight is 1930 g/mol. The number of aliphatic hydroxyl groups excluding tert-OH is 2. The summed E-state index contributed by atoms with van der Waals surface area (Å²) in [5, 5.41) is 98.7. The van der Waals surface area contributed by atoms with E-state index in [0.717, 1.165) is 5.69 Å². The van der Waals surface area contributed by atoms with Gasteiger partial charge in [-0.25, -0.2) is 29.0 Å². The van der Waals surface area contributed by atoms with Gasteiger partial charge in [0.05, 0.1) is 63.0 Å². The number of anilines is 11. The molecule has 53 nitrogen and oxygen atoms in total. The molecular weight excluding hydrogens is 1810 g/mol. The van der Waals surface area contributed by atoms with Gasteiger partial charge >= 0.3 is 47.2 Å². The normalized spacial score (nSPS) is 18.1. The maximum atomic E-state index is 12.4. The Balaban J connectivity index is 0.000000306. The van der Waals surface area contributed by atoms with Crippen LogP contribution < -0.4 is 114 Å². The van der Waals surface area contributed by atoms with Gasteiger partial charge in [0.2, 0.25) is 17.8 Å². The minimum absolute atomic E-state index is 0. The van der Waals surface area contributed by atoms with E-state index in [9.17, 15) is 92.0 Å². The van der Waals surface area contributed by atoms with Crippen molar-refractivity contribution < 1.29 is 103 Å². The van der Waals surface area contributed by atoms with Gasteiger partial charge in [0.15, 0.2) is 23.1 Å². The predicted molar refractivity (Wildman–Crippen MR) is 504 cm³/mol. The number of aromatic amines is 5. The SMILES string of the molecule is C.C.C.C.C.COC[C@H]1O[C@@H](n2cc(C)c(=O)[nH]c2=O)C[C@H]1O.COC[C@H]1O[C@@H](n2ccc(=O)[nH]c2=O)C[C@H]1O.Nc1nc2c(c(=O)[nH]1)N1CN(c3ccc(C(=O)NC(CCC(=O)O)C(=O)O)cc3)CC1CN2.Nc1nc2c(c(=O)[nH]1)N=C(CNc1ccc(C(=O)NC(CCC(=O)O)C(=O)O)cc1)CN2.Nc1nc2c(c(=O)[nH]1)NC(CNc1ccc(C(=O)NC(CCC(=O)O)C(=O)O)cc1)CN2. The molecule has 53 heteroatoms. The summed E-state index contributed by atoms with van der Waals surface area (Å²) >= 11 is 0. The molecule has 8 aromatic rings. The first kappa shape index (κ1) is 112. The van der Waals surface area contributed by atoms with Gasteiger partial charge in [-0.3, -0.25) is 86.8 Å². The second-order valence-corrected chi connectivity index (χ2v) is 30.2. The summed E-state index contributed by atoms with van der Waals surface area (Å²) in [6.45, 7) is 5.43. The number of rotatable bonds is 31. The fourth-order valence-electron chi connectivity index (χ4n) is 13.9. The lowest BCUT2D eigenvalue weighted by Crippen LogP contribution is -2.44. The number of nitrogens with two attached hydrogens (primary N) is 3. The van der Waals surface area contributed by atoms with E-state index >= 15 is 0 Å². The number of carbonyl (C=O) groups excluding carboxylic acids is 3. The third-order valence-corrected chi connectivity index (χ3v) is 20.6. The summed E-state index contributed by atoms with van der Waals surface area (Å²) in [4.78, 5) is 217. The molecule has 3 fully saturated rings. The van der Waals surface area contributed by atoms with E-state index in [0.29, 0.717) is 110 Å². The number of fused-ring (bicyclic) bond motifs is 5. The topological polar surface area (TPSA) is 805 Å². The molecule has 28 N–H and O–H groups in total. The number of nitrogens with one attached hydrogen (secondary N) is 14. The van der Waals surface area contributed by atoms with Crippen molar-refractivity contribution in [3.63, 3.8) is 0 Å². The number of aliphatic hydroxyl groups is 2. The Bertz CT molecular complexity index is 6010. The van der Waals surface area contributed by atoms with Crippen LogP contribution >= 0.6 is 0 Å². The quantitative estimate of drug-likeness (QED) is 0.0279. The van der Waals surface area contributed by atoms with Crippen molar-refractivity contribution in [1.29, 1.82) is 0 Å². The molecule has 5 aromatic heterocycles. The number of carboxylic acid groups (broad SMARTS) is 6. The molecular formula is C84H117N25O28. The van der Waals surface area contributed by atoms with Crippen molar-refractivity contribution in [3.05, 3.63) is 186 Å². The minimum atomic E-state index is -1.31. The second kappa shape index (κ2) is 51.4. The molecule has 11 atom stereocenters. The molecule has 3 aromatic carbocycles. The van der Waals surface area contributed by atoms with E-state index in [1.54, 1.807) is 55.5 Å². The first-order valence-corrected chi connectivity index (χ1v) is 40.4. The zero-order valence-corrected chi connectivity index (χ0v) is 70.6. The third-order valence-electron chi connectivity index (χ3n) is 20.6. The number of carboxylic acids is 6. The molecule has 137 heavy (non-hydrogen) atoms. The Kier molecular flexibility index (Phi) is 41.9. The Hall–Kier alpha value is -15.9. The van der Waals surface area contributed by atoms with E-state index in [2.05, 4.69) is 92.7 Å². The van der Waals surface area contributed by atoms with Gasteiger partial charge in [0, 0.05) is 130 Å². The molecule has 3 saturated heterocycles. The molecule has 0 radical (unpaired) electrons. The molecule has 6 aliphatic heterocycles. The number of aliphatic carboxylic acids is 6. The number of benzene rings is 3. The number of aliphatic imine (C=N–C) groups is 1. The largest absolute Gasteiger partial charge is 0.481 e.